The third-order valence-electron chi connectivity index (χ3n) is 3.46. The lowest BCUT2D eigenvalue weighted by Gasteiger charge is -2.21. The second-order valence-corrected chi connectivity index (χ2v) is 4.85. The molecule has 0 saturated carbocycles. The highest BCUT2D eigenvalue weighted by atomic mass is 16.5. The fraction of sp³-hybridized carbons (Fsp3) is 0.714. The number of ether oxygens (including phenoxy) is 2. The van der Waals surface area contributed by atoms with E-state index < -0.39 is 18.0 Å². The van der Waals surface area contributed by atoms with E-state index in [9.17, 15) is 9.90 Å². The molecule has 0 saturated heterocycles. The van der Waals surface area contributed by atoms with E-state index in [1.807, 2.05) is 6.92 Å². The first-order valence-electron chi connectivity index (χ1n) is 6.81. The molecule has 2 atom stereocenters. The van der Waals surface area contributed by atoms with Gasteiger partial charge in [-0.2, -0.15) is 5.10 Å². The molecule has 0 aromatic carbocycles. The number of rotatable bonds is 7. The van der Waals surface area contributed by atoms with E-state index in [2.05, 4.69) is 5.10 Å². The van der Waals surface area contributed by atoms with Crippen molar-refractivity contribution in [2.24, 2.45) is 13.0 Å². The molecule has 0 aliphatic heterocycles. The summed E-state index contributed by atoms with van der Waals surface area (Å²) in [5, 5.41) is 14.8. The lowest BCUT2D eigenvalue weighted by atomic mass is 9.91. The monoisotopic (exact) mass is 284 g/mol. The number of hydrogen-bond donors (Lipinski definition) is 1. The molecule has 0 fully saturated rings. The van der Waals surface area contributed by atoms with Crippen molar-refractivity contribution in [2.45, 2.75) is 39.2 Å². The fourth-order valence-electron chi connectivity index (χ4n) is 2.42. The summed E-state index contributed by atoms with van der Waals surface area (Å²) in [6.07, 6.45) is 1.39. The first-order valence-corrected chi connectivity index (χ1v) is 6.81. The average Bonchev–Trinajstić information content (AvgIpc) is 2.72. The van der Waals surface area contributed by atoms with E-state index in [1.54, 1.807) is 18.7 Å². The van der Waals surface area contributed by atoms with Gasteiger partial charge in [0.1, 0.15) is 0 Å². The molecule has 1 rings (SSSR count). The number of unbranched alkanes of at least 4 members (excludes halogenated alkanes) is 1. The standard InChI is InChI=1S/C14H24N2O4/c1-6-7-8-10(14(18)20-5)12(17)11-9(2)15-16(3)13(11)19-4/h10,12,17H,6-8H2,1-5H3. The van der Waals surface area contributed by atoms with Crippen molar-refractivity contribution in [1.82, 2.24) is 9.78 Å². The van der Waals surface area contributed by atoms with E-state index in [-0.39, 0.29) is 0 Å². The number of esters is 1. The molecule has 1 N–H and O–H groups in total. The number of aromatic nitrogens is 2. The maximum atomic E-state index is 11.9. The maximum Gasteiger partial charge on any atom is 0.311 e. The average molecular weight is 284 g/mol. The minimum atomic E-state index is -0.974. The third kappa shape index (κ3) is 3.30. The Kier molecular flexibility index (Phi) is 6.01. The van der Waals surface area contributed by atoms with E-state index in [1.165, 1.54) is 14.2 Å². The summed E-state index contributed by atoms with van der Waals surface area (Å²) in [6, 6.07) is 0. The van der Waals surface area contributed by atoms with Gasteiger partial charge in [0.2, 0.25) is 5.88 Å². The van der Waals surface area contributed by atoms with Gasteiger partial charge in [-0.1, -0.05) is 19.8 Å². The lowest BCUT2D eigenvalue weighted by molar-refractivity contribution is -0.150. The van der Waals surface area contributed by atoms with Crippen LogP contribution in [-0.4, -0.2) is 35.1 Å². The number of carbonyl (C=O) groups excluding carboxylic acids is 1. The Morgan fingerprint density at radius 1 is 1.45 bits per heavy atom. The molecule has 0 spiro atoms. The third-order valence-corrected chi connectivity index (χ3v) is 3.46. The van der Waals surface area contributed by atoms with Crippen LogP contribution in [0.1, 0.15) is 43.5 Å². The molecule has 0 radical (unpaired) electrons. The quantitative estimate of drug-likeness (QED) is 0.772. The molecule has 6 heteroatoms. The van der Waals surface area contributed by atoms with Crippen LogP contribution in [0.15, 0.2) is 0 Å². The van der Waals surface area contributed by atoms with Gasteiger partial charge in [0.05, 0.1) is 37.5 Å². The van der Waals surface area contributed by atoms with Crippen molar-refractivity contribution >= 4 is 5.97 Å². The fourth-order valence-corrected chi connectivity index (χ4v) is 2.42. The molecule has 6 nitrogen and oxygen atoms in total. The Morgan fingerprint density at radius 3 is 2.60 bits per heavy atom. The van der Waals surface area contributed by atoms with Crippen molar-refractivity contribution in [2.75, 3.05) is 14.2 Å². The Hall–Kier alpha value is -1.56. The van der Waals surface area contributed by atoms with Crippen LogP contribution in [0, 0.1) is 12.8 Å². The van der Waals surface area contributed by atoms with Gasteiger partial charge in [-0.25, -0.2) is 4.68 Å². The zero-order valence-corrected chi connectivity index (χ0v) is 12.8. The van der Waals surface area contributed by atoms with E-state index in [0.29, 0.717) is 23.6 Å². The molecule has 1 heterocycles. The number of methoxy groups -OCH3 is 2. The number of nitrogens with zero attached hydrogens (tertiary/aromatic N) is 2. The smallest absolute Gasteiger partial charge is 0.311 e. The summed E-state index contributed by atoms with van der Waals surface area (Å²) >= 11 is 0. The van der Waals surface area contributed by atoms with E-state index >= 15 is 0 Å². The Labute approximate surface area is 119 Å². The Morgan fingerprint density at radius 2 is 2.10 bits per heavy atom. The number of hydrogen-bond acceptors (Lipinski definition) is 5. The topological polar surface area (TPSA) is 73.6 Å². The molecule has 1 aromatic heterocycles. The summed E-state index contributed by atoms with van der Waals surface area (Å²) in [5.41, 5.74) is 1.21. The largest absolute Gasteiger partial charge is 0.481 e. The van der Waals surface area contributed by atoms with Crippen LogP contribution in [0.3, 0.4) is 0 Å². The predicted molar refractivity (Wildman–Crippen MR) is 74.5 cm³/mol. The van der Waals surface area contributed by atoms with Gasteiger partial charge in [-0.3, -0.25) is 4.79 Å². The molecule has 20 heavy (non-hydrogen) atoms. The zero-order chi connectivity index (χ0) is 15.3. The van der Waals surface area contributed by atoms with Crippen molar-refractivity contribution < 1.29 is 19.4 Å². The molecule has 0 aliphatic rings. The second kappa shape index (κ2) is 7.28. The van der Waals surface area contributed by atoms with Gasteiger partial charge >= 0.3 is 5.97 Å². The Balaban J connectivity index is 3.11. The first kappa shape index (κ1) is 16.5. The van der Waals surface area contributed by atoms with E-state index in [0.717, 1.165) is 12.8 Å². The molecular formula is C14H24N2O4. The van der Waals surface area contributed by atoms with Crippen molar-refractivity contribution in [1.29, 1.82) is 0 Å². The van der Waals surface area contributed by atoms with Gasteiger partial charge in [0.15, 0.2) is 0 Å². The number of aryl methyl sites for hydroxylation is 2. The van der Waals surface area contributed by atoms with Gasteiger partial charge in [-0.15, -0.1) is 0 Å². The van der Waals surface area contributed by atoms with Crippen LogP contribution in [0.5, 0.6) is 5.88 Å². The molecule has 114 valence electrons. The van der Waals surface area contributed by atoms with Gasteiger partial charge in [0.25, 0.3) is 0 Å². The summed E-state index contributed by atoms with van der Waals surface area (Å²) in [5.74, 6) is -0.534. The van der Waals surface area contributed by atoms with Crippen LogP contribution in [-0.2, 0) is 16.6 Å². The number of aliphatic hydroxyl groups is 1. The molecule has 0 aliphatic carbocycles. The van der Waals surface area contributed by atoms with Crippen LogP contribution in [0.25, 0.3) is 0 Å². The molecule has 0 bridgehead atoms. The molecule has 0 amide bonds. The minimum absolute atomic E-state index is 0.406. The van der Waals surface area contributed by atoms with Crippen molar-refractivity contribution in [3.8, 4) is 5.88 Å². The summed E-state index contributed by atoms with van der Waals surface area (Å²) in [6.45, 7) is 3.83. The lowest BCUT2D eigenvalue weighted by Crippen LogP contribution is -2.24. The van der Waals surface area contributed by atoms with Crippen LogP contribution in [0.4, 0.5) is 0 Å². The molecule has 1 aromatic rings. The van der Waals surface area contributed by atoms with Crippen molar-refractivity contribution in [3.05, 3.63) is 11.3 Å². The number of aliphatic hydroxyl groups excluding tert-OH is 1. The zero-order valence-electron chi connectivity index (χ0n) is 12.8. The van der Waals surface area contributed by atoms with Crippen LogP contribution < -0.4 is 4.74 Å². The van der Waals surface area contributed by atoms with Gasteiger partial charge in [0, 0.05) is 7.05 Å². The SMILES string of the molecule is CCCCC(C(=O)OC)C(O)c1c(C)nn(C)c1OC. The second-order valence-electron chi connectivity index (χ2n) is 4.85. The summed E-state index contributed by atoms with van der Waals surface area (Å²) in [4.78, 5) is 11.9. The van der Waals surface area contributed by atoms with Crippen LogP contribution in [0.2, 0.25) is 0 Å². The maximum absolute atomic E-state index is 11.9. The first-order chi connectivity index (χ1) is 9.47. The minimum Gasteiger partial charge on any atom is -0.481 e. The summed E-state index contributed by atoms with van der Waals surface area (Å²) < 4.78 is 11.6. The number of carbonyl (C=O) groups is 1. The highest BCUT2D eigenvalue weighted by Gasteiger charge is 2.33. The normalized spacial score (nSPS) is 13.9. The highest BCUT2D eigenvalue weighted by molar-refractivity contribution is 5.73. The van der Waals surface area contributed by atoms with Crippen molar-refractivity contribution in [3.63, 3.8) is 0 Å². The predicted octanol–water partition coefficient (Wildman–Crippen LogP) is 1.75. The summed E-state index contributed by atoms with van der Waals surface area (Å²) in [7, 11) is 4.59. The van der Waals surface area contributed by atoms with Gasteiger partial charge in [-0.05, 0) is 13.3 Å². The molecule has 2 unspecified atom stereocenters. The highest BCUT2D eigenvalue weighted by Crippen LogP contribution is 2.35. The van der Waals surface area contributed by atoms with Gasteiger partial charge < -0.3 is 14.6 Å². The van der Waals surface area contributed by atoms with Crippen LogP contribution >= 0.6 is 0 Å². The van der Waals surface area contributed by atoms with E-state index in [4.69, 9.17) is 9.47 Å². The Bertz CT molecular complexity index is 456. The molecular weight excluding hydrogens is 260 g/mol.